The molecule has 31 heavy (non-hydrogen) atoms. The Hall–Kier alpha value is -2.19. The van der Waals surface area contributed by atoms with Crippen LogP contribution in [0.4, 0.5) is 26.3 Å². The fourth-order valence-electron chi connectivity index (χ4n) is 4.28. The molecule has 2 aromatic carbocycles. The van der Waals surface area contributed by atoms with Crippen LogP contribution in [0, 0.1) is 0 Å². The van der Waals surface area contributed by atoms with Crippen molar-refractivity contribution in [1.82, 2.24) is 5.32 Å². The lowest BCUT2D eigenvalue weighted by molar-refractivity contribution is -0.143. The van der Waals surface area contributed by atoms with Gasteiger partial charge in [0.05, 0.1) is 17.4 Å². The number of allylic oxidation sites excluding steroid dienone is 1. The highest BCUT2D eigenvalue weighted by atomic mass is 35.5. The zero-order chi connectivity index (χ0) is 22.0. The highest BCUT2D eigenvalue weighted by molar-refractivity contribution is 5.85. The standard InChI is InChI=1S/C22H21F6NO.ClH/c23-21(24,25)17-12-15(13-18(14-17)22(26,27)28)19(6-11-30)20(7-9-29-10-8-20)16-4-2-1-3-5-16;/h1-6,11-14,19,29-30H,7-10H2;1H. The van der Waals surface area contributed by atoms with Gasteiger partial charge < -0.3 is 10.4 Å². The topological polar surface area (TPSA) is 32.3 Å². The minimum Gasteiger partial charge on any atom is -0.516 e. The summed E-state index contributed by atoms with van der Waals surface area (Å²) >= 11 is 0. The summed E-state index contributed by atoms with van der Waals surface area (Å²) in [5.74, 6) is -0.879. The maximum Gasteiger partial charge on any atom is 0.416 e. The van der Waals surface area contributed by atoms with Gasteiger partial charge in [0.1, 0.15) is 0 Å². The molecule has 1 saturated heterocycles. The molecule has 170 valence electrons. The number of nitrogens with one attached hydrogen (secondary N) is 1. The molecule has 0 aromatic heterocycles. The molecule has 1 heterocycles. The van der Waals surface area contributed by atoms with Crippen LogP contribution in [0.1, 0.15) is 41.0 Å². The first-order valence-electron chi connectivity index (χ1n) is 9.44. The van der Waals surface area contributed by atoms with E-state index in [-0.39, 0.29) is 24.0 Å². The Labute approximate surface area is 182 Å². The van der Waals surface area contributed by atoms with Crippen molar-refractivity contribution in [3.8, 4) is 0 Å². The second kappa shape index (κ2) is 9.53. The zero-order valence-electron chi connectivity index (χ0n) is 16.3. The number of alkyl halides is 6. The number of benzene rings is 2. The van der Waals surface area contributed by atoms with Crippen molar-refractivity contribution >= 4 is 12.4 Å². The van der Waals surface area contributed by atoms with Crippen molar-refractivity contribution in [2.24, 2.45) is 0 Å². The monoisotopic (exact) mass is 465 g/mol. The third-order valence-electron chi connectivity index (χ3n) is 5.69. The van der Waals surface area contributed by atoms with Crippen LogP contribution in [0.3, 0.4) is 0 Å². The Balaban J connectivity index is 0.00000341. The average molecular weight is 466 g/mol. The summed E-state index contributed by atoms with van der Waals surface area (Å²) in [6, 6.07) is 10.6. The molecule has 2 aromatic rings. The molecule has 3 rings (SSSR count). The van der Waals surface area contributed by atoms with Crippen molar-refractivity contribution in [2.75, 3.05) is 13.1 Å². The Morgan fingerprint density at radius 1 is 0.871 bits per heavy atom. The van der Waals surface area contributed by atoms with E-state index in [4.69, 9.17) is 0 Å². The van der Waals surface area contributed by atoms with E-state index in [0.717, 1.165) is 17.7 Å². The lowest BCUT2D eigenvalue weighted by atomic mass is 9.62. The van der Waals surface area contributed by atoms with Gasteiger partial charge in [-0.1, -0.05) is 30.3 Å². The molecule has 9 heteroatoms. The van der Waals surface area contributed by atoms with Crippen molar-refractivity contribution in [2.45, 2.75) is 36.5 Å². The summed E-state index contributed by atoms with van der Waals surface area (Å²) in [6.07, 6.45) is -6.90. The van der Waals surface area contributed by atoms with E-state index in [0.29, 0.717) is 32.2 Å². The van der Waals surface area contributed by atoms with Gasteiger partial charge in [0.15, 0.2) is 0 Å². The predicted octanol–water partition coefficient (Wildman–Crippen LogP) is 6.62. The normalized spacial score (nSPS) is 17.9. The number of hydrogen-bond acceptors (Lipinski definition) is 2. The summed E-state index contributed by atoms with van der Waals surface area (Å²) in [5.41, 5.74) is -2.81. The minimum atomic E-state index is -4.93. The van der Waals surface area contributed by atoms with Crippen molar-refractivity contribution in [1.29, 1.82) is 0 Å². The van der Waals surface area contributed by atoms with Crippen molar-refractivity contribution < 1.29 is 31.4 Å². The summed E-state index contributed by atoms with van der Waals surface area (Å²) in [6.45, 7) is 1.10. The molecule has 0 spiro atoms. The summed E-state index contributed by atoms with van der Waals surface area (Å²) < 4.78 is 80.4. The molecule has 1 aliphatic rings. The fraction of sp³-hybridized carbons (Fsp3) is 0.364. The number of rotatable bonds is 4. The average Bonchev–Trinajstić information content (AvgIpc) is 2.71. The molecule has 0 bridgehead atoms. The molecule has 2 N–H and O–H groups in total. The molecule has 1 unspecified atom stereocenters. The minimum absolute atomic E-state index is 0. The zero-order valence-corrected chi connectivity index (χ0v) is 17.1. The second-order valence-electron chi connectivity index (χ2n) is 7.43. The summed E-state index contributed by atoms with van der Waals surface area (Å²) in [5, 5.41) is 12.7. The molecular formula is C22H22ClF6NO. The number of piperidine rings is 1. The molecular weight excluding hydrogens is 444 g/mol. The number of aliphatic hydroxyl groups excluding tert-OH is 1. The first-order valence-corrected chi connectivity index (χ1v) is 9.44. The molecule has 1 aliphatic heterocycles. The van der Waals surface area contributed by atoms with Crippen molar-refractivity contribution in [3.63, 3.8) is 0 Å². The highest BCUT2D eigenvalue weighted by Crippen LogP contribution is 2.48. The number of aliphatic hydroxyl groups is 1. The molecule has 1 fully saturated rings. The quantitative estimate of drug-likeness (QED) is 0.393. The van der Waals surface area contributed by atoms with Crippen LogP contribution < -0.4 is 5.32 Å². The van der Waals surface area contributed by atoms with Crippen LogP contribution in [-0.4, -0.2) is 18.2 Å². The van der Waals surface area contributed by atoms with Crippen molar-refractivity contribution in [3.05, 3.63) is 83.1 Å². The fourth-order valence-corrected chi connectivity index (χ4v) is 4.28. The van der Waals surface area contributed by atoms with Gasteiger partial charge in [-0.3, -0.25) is 0 Å². The Kier molecular flexibility index (Phi) is 7.70. The molecule has 1 atom stereocenters. The van der Waals surface area contributed by atoms with E-state index in [9.17, 15) is 31.4 Å². The van der Waals surface area contributed by atoms with Gasteiger partial charge in [0.25, 0.3) is 0 Å². The van der Waals surface area contributed by atoms with Crippen LogP contribution in [0.5, 0.6) is 0 Å². The lowest BCUT2D eigenvalue weighted by Crippen LogP contribution is -2.43. The lowest BCUT2D eigenvalue weighted by Gasteiger charge is -2.44. The Bertz CT molecular complexity index is 857. The molecule has 0 saturated carbocycles. The molecule has 0 amide bonds. The maximum atomic E-state index is 13.4. The number of hydrogen-bond donors (Lipinski definition) is 2. The van der Waals surface area contributed by atoms with Crippen LogP contribution in [0.25, 0.3) is 0 Å². The van der Waals surface area contributed by atoms with Gasteiger partial charge >= 0.3 is 12.4 Å². The van der Waals surface area contributed by atoms with E-state index in [1.165, 1.54) is 6.08 Å². The van der Waals surface area contributed by atoms with Gasteiger partial charge in [0, 0.05) is 11.3 Å². The van der Waals surface area contributed by atoms with E-state index in [2.05, 4.69) is 5.32 Å². The Morgan fingerprint density at radius 3 is 1.84 bits per heavy atom. The van der Waals surface area contributed by atoms with E-state index in [1.807, 2.05) is 12.1 Å². The van der Waals surface area contributed by atoms with Crippen LogP contribution in [0.2, 0.25) is 0 Å². The molecule has 0 aliphatic carbocycles. The Morgan fingerprint density at radius 2 is 1.39 bits per heavy atom. The molecule has 2 nitrogen and oxygen atoms in total. The highest BCUT2D eigenvalue weighted by Gasteiger charge is 2.43. The molecule has 0 radical (unpaired) electrons. The summed E-state index contributed by atoms with van der Waals surface area (Å²) in [7, 11) is 0. The van der Waals surface area contributed by atoms with Crippen LogP contribution in [-0.2, 0) is 17.8 Å². The first-order chi connectivity index (χ1) is 14.1. The second-order valence-corrected chi connectivity index (χ2v) is 7.43. The third kappa shape index (κ3) is 5.36. The smallest absolute Gasteiger partial charge is 0.416 e. The number of halogens is 7. The largest absolute Gasteiger partial charge is 0.516 e. The van der Waals surface area contributed by atoms with Crippen LogP contribution >= 0.6 is 12.4 Å². The van der Waals surface area contributed by atoms with Gasteiger partial charge in [-0.25, -0.2) is 0 Å². The maximum absolute atomic E-state index is 13.4. The van der Waals surface area contributed by atoms with E-state index >= 15 is 0 Å². The van der Waals surface area contributed by atoms with E-state index < -0.39 is 34.8 Å². The predicted molar refractivity (Wildman–Crippen MR) is 108 cm³/mol. The SMILES string of the molecule is Cl.OC=CC(c1cc(C(F)(F)F)cc(C(F)(F)F)c1)C1(c2ccccc2)CCNCC1. The van der Waals surface area contributed by atoms with E-state index in [1.54, 1.807) is 18.2 Å². The van der Waals surface area contributed by atoms with Crippen LogP contribution in [0.15, 0.2) is 60.9 Å². The first kappa shape index (κ1) is 25.1. The van der Waals surface area contributed by atoms with Gasteiger partial charge in [-0.2, -0.15) is 26.3 Å². The van der Waals surface area contributed by atoms with Gasteiger partial charge in [-0.15, -0.1) is 12.4 Å². The third-order valence-corrected chi connectivity index (χ3v) is 5.69. The summed E-state index contributed by atoms with van der Waals surface area (Å²) in [4.78, 5) is 0. The van der Waals surface area contributed by atoms with Gasteiger partial charge in [-0.05, 0) is 61.3 Å². The van der Waals surface area contributed by atoms with Gasteiger partial charge in [0.2, 0.25) is 0 Å².